The number of esters is 1. The van der Waals surface area contributed by atoms with Crippen LogP contribution in [0.4, 0.5) is 13.2 Å². The Kier molecular flexibility index (Phi) is 8.64. The van der Waals surface area contributed by atoms with Crippen molar-refractivity contribution >= 4 is 40.2 Å². The van der Waals surface area contributed by atoms with Crippen LogP contribution in [-0.2, 0) is 19.1 Å². The van der Waals surface area contributed by atoms with Gasteiger partial charge in [-0.2, -0.15) is 13.2 Å². The molecule has 0 heterocycles. The highest BCUT2D eigenvalue weighted by Gasteiger charge is 2.42. The number of thioether (sulfide) groups is 1. The van der Waals surface area contributed by atoms with Crippen molar-refractivity contribution in [2.45, 2.75) is 44.8 Å². The van der Waals surface area contributed by atoms with Crippen LogP contribution in [0, 0.1) is 0 Å². The molecule has 0 aliphatic carbocycles. The summed E-state index contributed by atoms with van der Waals surface area (Å²) in [6.45, 7) is 3.94. The van der Waals surface area contributed by atoms with Crippen LogP contribution < -0.4 is 5.32 Å². The Labute approximate surface area is 129 Å². The van der Waals surface area contributed by atoms with E-state index in [4.69, 9.17) is 21.7 Å². The van der Waals surface area contributed by atoms with E-state index < -0.39 is 36.0 Å². The third-order valence-corrected chi connectivity index (χ3v) is 3.26. The predicted molar refractivity (Wildman–Crippen MR) is 75.6 cm³/mol. The molecule has 0 radical (unpaired) electrons. The Hall–Kier alpha value is -1.03. The number of nitrogens with one attached hydrogen (secondary N) is 1. The second-order valence-corrected chi connectivity index (χ2v) is 5.63. The maximum atomic E-state index is 12.8. The molecule has 0 rings (SSSR count). The molecule has 2 unspecified atom stereocenters. The van der Waals surface area contributed by atoms with Crippen LogP contribution in [0.15, 0.2) is 0 Å². The summed E-state index contributed by atoms with van der Waals surface area (Å²) >= 11 is 5.48. The molecule has 1 N–H and O–H groups in total. The maximum absolute atomic E-state index is 12.8. The number of alkyl halides is 3. The zero-order valence-corrected chi connectivity index (χ0v) is 13.3. The number of thiocarbonyl (C=S) groups is 1. The molecule has 0 aromatic heterocycles. The quantitative estimate of drug-likeness (QED) is 0.452. The summed E-state index contributed by atoms with van der Waals surface area (Å²) in [5.41, 5.74) is -1.21. The topological polar surface area (TPSA) is 64.6 Å². The summed E-state index contributed by atoms with van der Waals surface area (Å²) in [6, 6.07) is -2.14. The van der Waals surface area contributed by atoms with Crippen molar-refractivity contribution in [2.75, 3.05) is 6.61 Å². The molecule has 0 aliphatic rings. The molecule has 0 aliphatic heterocycles. The number of hydrogen-bond donors (Lipinski definition) is 1. The standard InChI is InChI=1S/C11H16F3NO4S2/c1-4-18-10(20)21-9(19-7(3)17)5-8(11(12,13)14)15-6(2)16/h8-9H,4-5H2,1-3H3,(H,15,16). The Morgan fingerprint density at radius 2 is 1.90 bits per heavy atom. The van der Waals surface area contributed by atoms with Crippen LogP contribution >= 0.6 is 24.0 Å². The SMILES string of the molecule is CCOC(=S)SC(CC(NC(C)=O)C(F)(F)F)OC(C)=O. The zero-order chi connectivity index (χ0) is 16.6. The minimum Gasteiger partial charge on any atom is -0.479 e. The van der Waals surface area contributed by atoms with Gasteiger partial charge < -0.3 is 14.8 Å². The predicted octanol–water partition coefficient (Wildman–Crippen LogP) is 2.39. The molecule has 1 amide bonds. The van der Waals surface area contributed by atoms with Crippen LogP contribution in [0.3, 0.4) is 0 Å². The lowest BCUT2D eigenvalue weighted by Gasteiger charge is -2.25. The van der Waals surface area contributed by atoms with Crippen molar-refractivity contribution in [3.05, 3.63) is 0 Å². The first-order valence-corrected chi connectivity index (χ1v) is 7.19. The first-order valence-electron chi connectivity index (χ1n) is 5.90. The van der Waals surface area contributed by atoms with E-state index in [0.717, 1.165) is 13.8 Å². The van der Waals surface area contributed by atoms with Crippen molar-refractivity contribution < 1.29 is 32.2 Å². The monoisotopic (exact) mass is 347 g/mol. The maximum Gasteiger partial charge on any atom is 0.408 e. The minimum absolute atomic E-state index is 0.0347. The molecule has 0 aromatic rings. The third kappa shape index (κ3) is 9.51. The molecule has 0 aromatic carbocycles. The van der Waals surface area contributed by atoms with Crippen molar-refractivity contribution in [1.29, 1.82) is 0 Å². The second kappa shape index (κ2) is 9.08. The first kappa shape index (κ1) is 20.0. The molecule has 0 bridgehead atoms. The highest BCUT2D eigenvalue weighted by atomic mass is 32.2. The average Bonchev–Trinajstić information content (AvgIpc) is 2.25. The molecule has 0 saturated heterocycles. The molecule has 2 atom stereocenters. The number of amides is 1. The van der Waals surface area contributed by atoms with Gasteiger partial charge in [0.25, 0.3) is 0 Å². The number of ether oxygens (including phenoxy) is 2. The highest BCUT2D eigenvalue weighted by molar-refractivity contribution is 8.22. The van der Waals surface area contributed by atoms with Crippen LogP contribution in [0.5, 0.6) is 0 Å². The second-order valence-electron chi connectivity index (χ2n) is 3.87. The lowest BCUT2D eigenvalue weighted by atomic mass is 10.2. The normalized spacial score (nSPS) is 14.0. The summed E-state index contributed by atoms with van der Waals surface area (Å²) in [5, 5.41) is 1.78. The van der Waals surface area contributed by atoms with Gasteiger partial charge in [0.1, 0.15) is 6.04 Å². The van der Waals surface area contributed by atoms with Gasteiger partial charge in [-0.15, -0.1) is 0 Å². The average molecular weight is 347 g/mol. The van der Waals surface area contributed by atoms with E-state index >= 15 is 0 Å². The largest absolute Gasteiger partial charge is 0.479 e. The fourth-order valence-electron chi connectivity index (χ4n) is 1.28. The fraction of sp³-hybridized carbons (Fsp3) is 0.727. The molecule has 122 valence electrons. The molecule has 5 nitrogen and oxygen atoms in total. The van der Waals surface area contributed by atoms with Crippen LogP contribution in [0.2, 0.25) is 0 Å². The summed E-state index contributed by atoms with van der Waals surface area (Å²) in [7, 11) is 0. The number of carbonyl (C=O) groups is 2. The van der Waals surface area contributed by atoms with Crippen LogP contribution in [0.25, 0.3) is 0 Å². The Morgan fingerprint density at radius 1 is 1.33 bits per heavy atom. The molecule has 0 saturated carbocycles. The van der Waals surface area contributed by atoms with Gasteiger partial charge in [-0.05, 0) is 30.9 Å². The van der Waals surface area contributed by atoms with Crippen molar-refractivity contribution in [2.24, 2.45) is 0 Å². The lowest BCUT2D eigenvalue weighted by Crippen LogP contribution is -2.46. The van der Waals surface area contributed by atoms with Crippen LogP contribution in [0.1, 0.15) is 27.2 Å². The highest BCUT2D eigenvalue weighted by Crippen LogP contribution is 2.29. The fourth-order valence-corrected chi connectivity index (χ4v) is 2.59. The summed E-state index contributed by atoms with van der Waals surface area (Å²) in [4.78, 5) is 21.8. The van der Waals surface area contributed by atoms with E-state index in [9.17, 15) is 22.8 Å². The summed E-state index contributed by atoms with van der Waals surface area (Å²) < 4.78 is 48.2. The van der Waals surface area contributed by atoms with Gasteiger partial charge in [0.15, 0.2) is 5.44 Å². The number of carbonyl (C=O) groups excluding carboxylic acids is 2. The van der Waals surface area contributed by atoms with Crippen molar-refractivity contribution in [3.8, 4) is 0 Å². The first-order chi connectivity index (χ1) is 9.56. The van der Waals surface area contributed by atoms with Crippen molar-refractivity contribution in [3.63, 3.8) is 0 Å². The van der Waals surface area contributed by atoms with E-state index in [0.29, 0.717) is 11.8 Å². The van der Waals surface area contributed by atoms with Gasteiger partial charge >= 0.3 is 12.1 Å². The van der Waals surface area contributed by atoms with E-state index in [1.807, 2.05) is 0 Å². The van der Waals surface area contributed by atoms with Gasteiger partial charge in [-0.3, -0.25) is 9.59 Å². The molecule has 0 spiro atoms. The zero-order valence-electron chi connectivity index (χ0n) is 11.7. The smallest absolute Gasteiger partial charge is 0.408 e. The number of rotatable bonds is 6. The third-order valence-electron chi connectivity index (χ3n) is 1.99. The molecular weight excluding hydrogens is 331 g/mol. The van der Waals surface area contributed by atoms with E-state index in [1.165, 1.54) is 0 Å². The van der Waals surface area contributed by atoms with E-state index in [1.54, 1.807) is 12.2 Å². The Morgan fingerprint density at radius 3 is 2.29 bits per heavy atom. The molecular formula is C11H16F3NO4S2. The molecule has 0 fully saturated rings. The van der Waals surface area contributed by atoms with Gasteiger partial charge in [0.2, 0.25) is 10.3 Å². The van der Waals surface area contributed by atoms with Crippen LogP contribution in [-0.4, -0.2) is 40.5 Å². The van der Waals surface area contributed by atoms with Gasteiger partial charge in [0, 0.05) is 20.3 Å². The van der Waals surface area contributed by atoms with Gasteiger partial charge in [-0.25, -0.2) is 0 Å². The van der Waals surface area contributed by atoms with E-state index in [2.05, 4.69) is 0 Å². The molecule has 10 heteroatoms. The Balaban J connectivity index is 4.91. The minimum atomic E-state index is -4.67. The lowest BCUT2D eigenvalue weighted by molar-refractivity contribution is -0.168. The van der Waals surface area contributed by atoms with Gasteiger partial charge in [0.05, 0.1) is 6.61 Å². The van der Waals surface area contributed by atoms with Crippen molar-refractivity contribution in [1.82, 2.24) is 5.32 Å². The Bertz CT molecular complexity index is 390. The molecule has 21 heavy (non-hydrogen) atoms. The number of hydrogen-bond acceptors (Lipinski definition) is 6. The van der Waals surface area contributed by atoms with E-state index in [-0.39, 0.29) is 11.0 Å². The number of halogens is 3. The summed E-state index contributed by atoms with van der Waals surface area (Å²) in [5.74, 6) is -1.59. The summed E-state index contributed by atoms with van der Waals surface area (Å²) in [6.07, 6.45) is -5.33. The van der Waals surface area contributed by atoms with Gasteiger partial charge in [-0.1, -0.05) is 0 Å².